The number of carbonyl (C=O) groups excluding carboxylic acids is 1. The number of nitrogens with zero attached hydrogens (tertiary/aromatic N) is 1. The van der Waals surface area contributed by atoms with E-state index in [1.165, 1.54) is 6.07 Å². The molecule has 0 amide bonds. The van der Waals surface area contributed by atoms with Crippen molar-refractivity contribution in [2.24, 2.45) is 0 Å². The van der Waals surface area contributed by atoms with Crippen LogP contribution in [0.15, 0.2) is 24.3 Å². The van der Waals surface area contributed by atoms with Crippen molar-refractivity contribution in [2.45, 2.75) is 0 Å². The first-order valence-corrected chi connectivity index (χ1v) is 3.10. The maximum Gasteiger partial charge on any atom is 0.163 e. The van der Waals surface area contributed by atoms with E-state index in [0.29, 0.717) is 11.1 Å². The van der Waals surface area contributed by atoms with Gasteiger partial charge in [-0.25, -0.2) is 0 Å². The van der Waals surface area contributed by atoms with Gasteiger partial charge in [-0.15, -0.1) is 0 Å². The van der Waals surface area contributed by atoms with E-state index in [1.54, 1.807) is 18.2 Å². The lowest BCUT2D eigenvalue weighted by atomic mass is 10.1. The fraction of sp³-hybridized carbons (Fsp3) is 0. The van der Waals surface area contributed by atoms with Crippen molar-refractivity contribution < 1.29 is 4.79 Å². The highest BCUT2D eigenvalue weighted by molar-refractivity contribution is 5.99. The molecule has 0 aromatic heterocycles. The van der Waals surface area contributed by atoms with Gasteiger partial charge in [-0.1, -0.05) is 12.1 Å². The normalized spacial score (nSPS) is 8.73. The number of Topliss-reactive ketones (excluding diaryl/α,β-unsaturated/α-hetero) is 1. The lowest BCUT2D eigenvalue weighted by Crippen LogP contribution is -1.91. The second kappa shape index (κ2) is 2.98. The summed E-state index contributed by atoms with van der Waals surface area (Å²) in [6.07, 6.45) is 0. The smallest absolute Gasteiger partial charge is 0.163 e. The molecule has 0 atom stereocenters. The Morgan fingerprint density at radius 1 is 1.55 bits per heavy atom. The Hall–Kier alpha value is -1.62. The van der Waals surface area contributed by atoms with Gasteiger partial charge in [0.25, 0.3) is 0 Å². The van der Waals surface area contributed by atoms with Crippen LogP contribution in [0.5, 0.6) is 0 Å². The molecule has 0 aliphatic carbocycles. The zero-order valence-electron chi connectivity index (χ0n) is 5.87. The fourth-order valence-corrected chi connectivity index (χ4v) is 0.762. The molecule has 1 rings (SSSR count). The summed E-state index contributed by atoms with van der Waals surface area (Å²) in [6.45, 7) is 3.24. The minimum absolute atomic E-state index is 0.262. The number of nitriles is 1. The Morgan fingerprint density at radius 2 is 2.27 bits per heavy atom. The molecule has 0 heterocycles. The van der Waals surface area contributed by atoms with Crippen LogP contribution in [0.4, 0.5) is 0 Å². The van der Waals surface area contributed by atoms with Crippen LogP contribution in [0, 0.1) is 18.3 Å². The monoisotopic (exact) mass is 144 g/mol. The molecule has 0 unspecified atom stereocenters. The molecule has 0 aliphatic rings. The van der Waals surface area contributed by atoms with Crippen LogP contribution in [0.25, 0.3) is 0 Å². The van der Waals surface area contributed by atoms with Gasteiger partial charge in [0.2, 0.25) is 0 Å². The van der Waals surface area contributed by atoms with E-state index >= 15 is 0 Å². The number of carbonyl (C=O) groups is 1. The fourth-order valence-electron chi connectivity index (χ4n) is 0.762. The maximum absolute atomic E-state index is 10.7. The van der Waals surface area contributed by atoms with Crippen molar-refractivity contribution in [3.8, 4) is 6.07 Å². The highest BCUT2D eigenvalue weighted by Gasteiger charge is 1.98. The van der Waals surface area contributed by atoms with Gasteiger partial charge in [0, 0.05) is 12.5 Å². The standard InChI is InChI=1S/C9H6NO/c1-7(11)9-4-2-3-8(5-9)6-10/h2-5H,1H2. The number of benzene rings is 1. The van der Waals surface area contributed by atoms with Gasteiger partial charge in [0.05, 0.1) is 11.6 Å². The number of hydrogen-bond acceptors (Lipinski definition) is 2. The minimum atomic E-state index is -0.262. The Labute approximate surface area is 65.1 Å². The van der Waals surface area contributed by atoms with Crippen molar-refractivity contribution in [3.05, 3.63) is 42.3 Å². The summed E-state index contributed by atoms with van der Waals surface area (Å²) in [5, 5.41) is 8.46. The third kappa shape index (κ3) is 1.65. The van der Waals surface area contributed by atoms with Crippen LogP contribution in [-0.4, -0.2) is 5.78 Å². The van der Waals surface area contributed by atoms with E-state index in [2.05, 4.69) is 6.92 Å². The molecule has 1 radical (unpaired) electrons. The summed E-state index contributed by atoms with van der Waals surface area (Å²) in [7, 11) is 0. The van der Waals surface area contributed by atoms with Gasteiger partial charge in [-0.05, 0) is 12.1 Å². The first-order valence-electron chi connectivity index (χ1n) is 3.10. The summed E-state index contributed by atoms with van der Waals surface area (Å²) < 4.78 is 0. The Kier molecular flexibility index (Phi) is 2.03. The summed E-state index contributed by atoms with van der Waals surface area (Å²) in [4.78, 5) is 10.7. The maximum atomic E-state index is 10.7. The first-order chi connectivity index (χ1) is 5.24. The zero-order chi connectivity index (χ0) is 8.27. The largest absolute Gasteiger partial charge is 0.294 e. The zero-order valence-corrected chi connectivity index (χ0v) is 5.87. The molecule has 0 bridgehead atoms. The van der Waals surface area contributed by atoms with E-state index < -0.39 is 0 Å². The van der Waals surface area contributed by atoms with E-state index in [0.717, 1.165) is 0 Å². The molecule has 0 spiro atoms. The van der Waals surface area contributed by atoms with Gasteiger partial charge in [0.15, 0.2) is 5.78 Å². The molecule has 1 aromatic carbocycles. The van der Waals surface area contributed by atoms with Gasteiger partial charge >= 0.3 is 0 Å². The molecule has 1 aromatic rings. The van der Waals surface area contributed by atoms with Crippen LogP contribution in [0.1, 0.15) is 15.9 Å². The molecule has 0 fully saturated rings. The van der Waals surface area contributed by atoms with Crippen LogP contribution in [0.3, 0.4) is 0 Å². The lowest BCUT2D eigenvalue weighted by Gasteiger charge is -1.93. The quantitative estimate of drug-likeness (QED) is 0.561. The summed E-state index contributed by atoms with van der Waals surface area (Å²) in [5.74, 6) is -0.262. The molecular formula is C9H6NO. The van der Waals surface area contributed by atoms with Crippen molar-refractivity contribution in [1.29, 1.82) is 5.26 Å². The summed E-state index contributed by atoms with van der Waals surface area (Å²) >= 11 is 0. The molecule has 0 saturated carbocycles. The Morgan fingerprint density at radius 3 is 2.82 bits per heavy atom. The predicted octanol–water partition coefficient (Wildman–Crippen LogP) is 1.58. The van der Waals surface area contributed by atoms with Crippen LogP contribution >= 0.6 is 0 Å². The molecule has 2 heteroatoms. The highest BCUT2D eigenvalue weighted by atomic mass is 16.1. The second-order valence-electron chi connectivity index (χ2n) is 2.12. The molecular weight excluding hydrogens is 138 g/mol. The topological polar surface area (TPSA) is 40.9 Å². The average Bonchev–Trinajstić information content (AvgIpc) is 2.05. The van der Waals surface area contributed by atoms with Crippen molar-refractivity contribution in [2.75, 3.05) is 0 Å². The van der Waals surface area contributed by atoms with Crippen LogP contribution < -0.4 is 0 Å². The van der Waals surface area contributed by atoms with Crippen molar-refractivity contribution in [1.82, 2.24) is 0 Å². The molecule has 11 heavy (non-hydrogen) atoms. The number of ketones is 1. The molecule has 0 N–H and O–H groups in total. The van der Waals surface area contributed by atoms with E-state index in [9.17, 15) is 4.79 Å². The highest BCUT2D eigenvalue weighted by Crippen LogP contribution is 2.03. The van der Waals surface area contributed by atoms with Crippen molar-refractivity contribution >= 4 is 5.78 Å². The van der Waals surface area contributed by atoms with Crippen molar-refractivity contribution in [3.63, 3.8) is 0 Å². The third-order valence-electron chi connectivity index (χ3n) is 1.31. The molecule has 0 saturated heterocycles. The van der Waals surface area contributed by atoms with E-state index in [4.69, 9.17) is 5.26 Å². The van der Waals surface area contributed by atoms with Crippen LogP contribution in [-0.2, 0) is 0 Å². The van der Waals surface area contributed by atoms with E-state index in [1.807, 2.05) is 6.07 Å². The van der Waals surface area contributed by atoms with Gasteiger partial charge in [0.1, 0.15) is 0 Å². The summed E-state index contributed by atoms with van der Waals surface area (Å²) in [5.41, 5.74) is 0.962. The lowest BCUT2D eigenvalue weighted by molar-refractivity contribution is 0.104. The Balaban J connectivity index is 3.13. The third-order valence-corrected chi connectivity index (χ3v) is 1.31. The molecule has 2 nitrogen and oxygen atoms in total. The first kappa shape index (κ1) is 7.49. The second-order valence-corrected chi connectivity index (χ2v) is 2.12. The minimum Gasteiger partial charge on any atom is -0.294 e. The average molecular weight is 144 g/mol. The Bertz CT molecular complexity index is 323. The summed E-state index contributed by atoms with van der Waals surface area (Å²) in [6, 6.07) is 8.41. The SMILES string of the molecule is [CH2]C(=O)c1cccc(C#N)c1. The molecule has 53 valence electrons. The van der Waals surface area contributed by atoms with Crippen LogP contribution in [0.2, 0.25) is 0 Å². The van der Waals surface area contributed by atoms with E-state index in [-0.39, 0.29) is 5.78 Å². The predicted molar refractivity (Wildman–Crippen MR) is 40.8 cm³/mol. The number of rotatable bonds is 1. The molecule has 0 aliphatic heterocycles. The van der Waals surface area contributed by atoms with Gasteiger partial charge in [-0.3, -0.25) is 4.79 Å². The van der Waals surface area contributed by atoms with Gasteiger partial charge in [-0.2, -0.15) is 5.26 Å². The number of hydrogen-bond donors (Lipinski definition) is 0. The van der Waals surface area contributed by atoms with Gasteiger partial charge < -0.3 is 0 Å².